The average Bonchev–Trinajstić information content (AvgIpc) is 3.28. The van der Waals surface area contributed by atoms with Crippen LogP contribution in [0.1, 0.15) is 34.9 Å². The molecule has 0 aromatic heterocycles. The molecule has 9 nitrogen and oxygen atoms in total. The van der Waals surface area contributed by atoms with Crippen molar-refractivity contribution >= 4 is 17.3 Å². The van der Waals surface area contributed by atoms with E-state index in [1.54, 1.807) is 24.3 Å². The molecule has 2 aromatic rings. The number of rotatable bonds is 7. The minimum atomic E-state index is -3.19. The topological polar surface area (TPSA) is 103 Å². The van der Waals surface area contributed by atoms with E-state index in [9.17, 15) is 23.7 Å². The molecule has 1 N–H and O–H groups in total. The molecule has 0 spiro atoms. The van der Waals surface area contributed by atoms with Gasteiger partial charge in [0.05, 0.1) is 35.3 Å². The van der Waals surface area contributed by atoms with Crippen molar-refractivity contribution in [3.8, 4) is 11.5 Å². The number of methoxy groups -OCH3 is 1. The molecule has 1 fully saturated rings. The van der Waals surface area contributed by atoms with E-state index in [0.717, 1.165) is 18.9 Å². The number of nitro groups is 1. The number of ether oxygens (including phenoxy) is 3. The lowest BCUT2D eigenvalue weighted by Crippen LogP contribution is -2.46. The normalized spacial score (nSPS) is 20.1. The number of anilines is 1. The van der Waals surface area contributed by atoms with Crippen molar-refractivity contribution < 1.29 is 32.7 Å². The molecule has 0 bridgehead atoms. The van der Waals surface area contributed by atoms with Gasteiger partial charge in [-0.3, -0.25) is 14.9 Å². The van der Waals surface area contributed by atoms with Crippen LogP contribution in [0.4, 0.5) is 20.2 Å². The molecule has 11 heteroatoms. The van der Waals surface area contributed by atoms with Crippen LogP contribution in [0.5, 0.6) is 11.5 Å². The molecule has 2 atom stereocenters. The summed E-state index contributed by atoms with van der Waals surface area (Å²) >= 11 is 0. The van der Waals surface area contributed by atoms with Crippen molar-refractivity contribution in [2.75, 3.05) is 25.6 Å². The highest BCUT2D eigenvalue weighted by molar-refractivity contribution is 6.01. The molecule has 1 saturated heterocycles. The molecule has 1 amide bonds. The number of carbonyl (C=O) groups is 1. The van der Waals surface area contributed by atoms with Crippen molar-refractivity contribution in [1.29, 1.82) is 0 Å². The van der Waals surface area contributed by atoms with Crippen LogP contribution >= 0.6 is 0 Å². The SMILES string of the molecule is COc1cc(C2Nc3ccccc3C(=O)N2CC2CCCO2)c([N+](=O)[O-])cc1OC(F)F. The summed E-state index contributed by atoms with van der Waals surface area (Å²) in [7, 11) is 1.24. The number of benzene rings is 2. The maximum atomic E-state index is 13.3. The van der Waals surface area contributed by atoms with Crippen LogP contribution in [-0.4, -0.2) is 48.7 Å². The maximum absolute atomic E-state index is 13.3. The van der Waals surface area contributed by atoms with E-state index >= 15 is 0 Å². The number of hydrogen-bond acceptors (Lipinski definition) is 7. The predicted molar refractivity (Wildman–Crippen MR) is 109 cm³/mol. The van der Waals surface area contributed by atoms with E-state index in [1.807, 2.05) is 0 Å². The number of halogens is 2. The molecule has 32 heavy (non-hydrogen) atoms. The number of hydrogen-bond donors (Lipinski definition) is 1. The van der Waals surface area contributed by atoms with Gasteiger partial charge < -0.3 is 24.4 Å². The van der Waals surface area contributed by atoms with Crippen molar-refractivity contribution in [1.82, 2.24) is 4.90 Å². The van der Waals surface area contributed by atoms with Gasteiger partial charge >= 0.3 is 6.61 Å². The van der Waals surface area contributed by atoms with E-state index in [4.69, 9.17) is 9.47 Å². The number of alkyl halides is 2. The first-order valence-electron chi connectivity index (χ1n) is 9.98. The summed E-state index contributed by atoms with van der Waals surface area (Å²) in [6.45, 7) is -2.40. The van der Waals surface area contributed by atoms with E-state index in [1.165, 1.54) is 18.1 Å². The minimum Gasteiger partial charge on any atom is -0.493 e. The molecule has 170 valence electrons. The highest BCUT2D eigenvalue weighted by atomic mass is 19.3. The van der Waals surface area contributed by atoms with Crippen molar-refractivity contribution in [3.05, 3.63) is 57.6 Å². The molecule has 2 aliphatic heterocycles. The largest absolute Gasteiger partial charge is 0.493 e. The van der Waals surface area contributed by atoms with Crippen LogP contribution in [-0.2, 0) is 4.74 Å². The van der Waals surface area contributed by atoms with Gasteiger partial charge in [0.1, 0.15) is 6.17 Å². The Morgan fingerprint density at radius 1 is 1.31 bits per heavy atom. The van der Waals surface area contributed by atoms with Gasteiger partial charge in [0, 0.05) is 18.8 Å². The number of fused-ring (bicyclic) bond motifs is 1. The third kappa shape index (κ3) is 4.15. The second-order valence-corrected chi connectivity index (χ2v) is 7.38. The van der Waals surface area contributed by atoms with Gasteiger partial charge in [0.25, 0.3) is 11.6 Å². The van der Waals surface area contributed by atoms with Gasteiger partial charge in [-0.15, -0.1) is 0 Å². The lowest BCUT2D eigenvalue weighted by molar-refractivity contribution is -0.386. The van der Waals surface area contributed by atoms with Crippen LogP contribution in [0.2, 0.25) is 0 Å². The Hall–Kier alpha value is -3.47. The highest BCUT2D eigenvalue weighted by Gasteiger charge is 2.39. The highest BCUT2D eigenvalue weighted by Crippen LogP contribution is 2.42. The number of para-hydroxylation sites is 1. The summed E-state index contributed by atoms with van der Waals surface area (Å²) in [6.07, 6.45) is 0.451. The summed E-state index contributed by atoms with van der Waals surface area (Å²) in [5.74, 6) is -0.900. The van der Waals surface area contributed by atoms with Crippen molar-refractivity contribution in [3.63, 3.8) is 0 Å². The average molecular weight is 449 g/mol. The zero-order valence-corrected chi connectivity index (χ0v) is 17.1. The third-order valence-corrected chi connectivity index (χ3v) is 5.47. The Kier molecular flexibility index (Phi) is 6.08. The Morgan fingerprint density at radius 2 is 2.09 bits per heavy atom. The van der Waals surface area contributed by atoms with E-state index in [-0.39, 0.29) is 29.9 Å². The number of carbonyl (C=O) groups excluding carboxylic acids is 1. The zero-order valence-electron chi connectivity index (χ0n) is 17.1. The van der Waals surface area contributed by atoms with Gasteiger partial charge in [-0.25, -0.2) is 0 Å². The van der Waals surface area contributed by atoms with E-state index in [0.29, 0.717) is 17.9 Å². The lowest BCUT2D eigenvalue weighted by atomic mass is 10.0. The number of nitro benzene ring substituents is 1. The third-order valence-electron chi connectivity index (χ3n) is 5.47. The number of nitrogens with one attached hydrogen (secondary N) is 1. The first kappa shape index (κ1) is 21.8. The second-order valence-electron chi connectivity index (χ2n) is 7.38. The molecule has 0 saturated carbocycles. The Labute approximate surface area is 182 Å². The van der Waals surface area contributed by atoms with Crippen molar-refractivity contribution in [2.24, 2.45) is 0 Å². The molecule has 2 aliphatic rings. The lowest BCUT2D eigenvalue weighted by Gasteiger charge is -2.39. The summed E-state index contributed by atoms with van der Waals surface area (Å²) in [4.78, 5) is 25.9. The monoisotopic (exact) mass is 449 g/mol. The Morgan fingerprint density at radius 3 is 2.75 bits per heavy atom. The smallest absolute Gasteiger partial charge is 0.387 e. The van der Waals surface area contributed by atoms with Gasteiger partial charge in [0.15, 0.2) is 11.5 Å². The number of nitrogens with zero attached hydrogens (tertiary/aromatic N) is 2. The summed E-state index contributed by atoms with van der Waals surface area (Å²) in [5, 5.41) is 15.0. The summed E-state index contributed by atoms with van der Waals surface area (Å²) < 4.78 is 40.8. The van der Waals surface area contributed by atoms with Crippen LogP contribution in [0.3, 0.4) is 0 Å². The summed E-state index contributed by atoms with van der Waals surface area (Å²) in [6, 6.07) is 8.96. The van der Waals surface area contributed by atoms with Gasteiger partial charge in [-0.05, 0) is 31.0 Å². The molecular weight excluding hydrogens is 428 g/mol. The van der Waals surface area contributed by atoms with Crippen LogP contribution in [0.15, 0.2) is 36.4 Å². The second kappa shape index (κ2) is 8.95. The van der Waals surface area contributed by atoms with E-state index in [2.05, 4.69) is 10.1 Å². The molecule has 2 unspecified atom stereocenters. The number of amides is 1. The molecule has 0 aliphatic carbocycles. The Balaban J connectivity index is 1.82. The van der Waals surface area contributed by atoms with Gasteiger partial charge in [-0.2, -0.15) is 8.78 Å². The Bertz CT molecular complexity index is 1030. The first-order chi connectivity index (χ1) is 15.4. The van der Waals surface area contributed by atoms with Crippen LogP contribution < -0.4 is 14.8 Å². The summed E-state index contributed by atoms with van der Waals surface area (Å²) in [5.41, 5.74) is 0.527. The maximum Gasteiger partial charge on any atom is 0.387 e. The van der Waals surface area contributed by atoms with Gasteiger partial charge in [0.2, 0.25) is 0 Å². The van der Waals surface area contributed by atoms with E-state index < -0.39 is 29.1 Å². The molecular formula is C21H21F2N3O6. The quantitative estimate of drug-likeness (QED) is 0.504. The molecule has 2 heterocycles. The zero-order chi connectivity index (χ0) is 22.8. The van der Waals surface area contributed by atoms with Crippen molar-refractivity contribution in [2.45, 2.75) is 31.7 Å². The fraction of sp³-hybridized carbons (Fsp3) is 0.381. The minimum absolute atomic E-state index is 0.0781. The standard InChI is InChI=1S/C21H21F2N3O6/c1-30-17-9-14(16(26(28)29)10-18(17)32-21(22)23)19-24-15-7-3-2-6-13(15)20(27)25(19)11-12-5-4-8-31-12/h2-3,6-7,9-10,12,19,21,24H,4-5,8,11H2,1H3. The fourth-order valence-electron chi connectivity index (χ4n) is 4.02. The molecule has 2 aromatic carbocycles. The molecule has 4 rings (SSSR count). The molecule has 0 radical (unpaired) electrons. The first-order valence-corrected chi connectivity index (χ1v) is 9.98. The van der Waals surface area contributed by atoms with Crippen LogP contribution in [0, 0.1) is 10.1 Å². The predicted octanol–water partition coefficient (Wildman–Crippen LogP) is 3.95. The fourth-order valence-corrected chi connectivity index (χ4v) is 4.02. The van der Waals surface area contributed by atoms with Gasteiger partial charge in [-0.1, -0.05) is 12.1 Å². The van der Waals surface area contributed by atoms with Crippen LogP contribution in [0.25, 0.3) is 0 Å².